The first-order chi connectivity index (χ1) is 14.9. The van der Waals surface area contributed by atoms with Gasteiger partial charge >= 0.3 is 5.97 Å². The van der Waals surface area contributed by atoms with Crippen molar-refractivity contribution >= 4 is 37.8 Å². The Kier molecular flexibility index (Phi) is 4.75. The Labute approximate surface area is 178 Å². The smallest absolute Gasteiger partial charge is 0.321 e. The van der Waals surface area contributed by atoms with E-state index in [0.717, 1.165) is 38.2 Å². The number of fused-ring (bicyclic) bond motifs is 3. The maximum Gasteiger partial charge on any atom is 0.321 e. The van der Waals surface area contributed by atoms with E-state index in [2.05, 4.69) is 4.57 Å². The Morgan fingerprint density at radius 1 is 0.903 bits per heavy atom. The molecule has 0 unspecified atom stereocenters. The standard InChI is InChI=1S/C23H19FN2O4S/c24-16-9-11-18(12-10-16)31(28,29)25-13-17(30-23(27)15-25)14-26-21-7-3-1-5-19(21)20-6-2-4-8-22(20)26/h1-12,17H,13-15H2/t17-/m0/s1. The van der Waals surface area contributed by atoms with Crippen molar-refractivity contribution in [1.82, 2.24) is 8.87 Å². The monoisotopic (exact) mass is 438 g/mol. The van der Waals surface area contributed by atoms with Crippen LogP contribution in [0.15, 0.2) is 77.7 Å². The van der Waals surface area contributed by atoms with Crippen LogP contribution in [0.25, 0.3) is 21.8 Å². The molecule has 8 heteroatoms. The molecule has 6 nitrogen and oxygen atoms in total. The lowest BCUT2D eigenvalue weighted by Crippen LogP contribution is -2.49. The number of rotatable bonds is 4. The zero-order valence-electron chi connectivity index (χ0n) is 16.4. The molecule has 0 saturated carbocycles. The van der Waals surface area contributed by atoms with Crippen molar-refractivity contribution in [3.8, 4) is 0 Å². The van der Waals surface area contributed by atoms with E-state index in [-0.39, 0.29) is 18.0 Å². The Bertz CT molecular complexity index is 1340. The van der Waals surface area contributed by atoms with Crippen LogP contribution in [-0.4, -0.2) is 42.5 Å². The molecule has 1 saturated heterocycles. The lowest BCUT2D eigenvalue weighted by molar-refractivity contribution is -0.155. The summed E-state index contributed by atoms with van der Waals surface area (Å²) >= 11 is 0. The summed E-state index contributed by atoms with van der Waals surface area (Å²) < 4.78 is 47.9. The minimum Gasteiger partial charge on any atom is -0.458 e. The number of benzene rings is 3. The summed E-state index contributed by atoms with van der Waals surface area (Å²) in [5.41, 5.74) is 1.97. The summed E-state index contributed by atoms with van der Waals surface area (Å²) in [6.45, 7) is -0.0368. The molecule has 0 amide bonds. The zero-order valence-corrected chi connectivity index (χ0v) is 17.3. The Hall–Kier alpha value is -3.23. The average Bonchev–Trinajstić information content (AvgIpc) is 3.08. The highest BCUT2D eigenvalue weighted by Gasteiger charge is 2.35. The van der Waals surface area contributed by atoms with Crippen LogP contribution in [0.5, 0.6) is 0 Å². The van der Waals surface area contributed by atoms with Crippen molar-refractivity contribution in [2.45, 2.75) is 17.5 Å². The molecule has 4 aromatic rings. The van der Waals surface area contributed by atoms with E-state index in [1.165, 1.54) is 12.1 Å². The van der Waals surface area contributed by atoms with E-state index in [1.807, 2.05) is 48.5 Å². The molecular weight excluding hydrogens is 419 g/mol. The fraction of sp³-hybridized carbons (Fsp3) is 0.174. The van der Waals surface area contributed by atoms with Gasteiger partial charge in [0.2, 0.25) is 10.0 Å². The third-order valence-corrected chi connectivity index (χ3v) is 7.35. The topological polar surface area (TPSA) is 68.6 Å². The van der Waals surface area contributed by atoms with Gasteiger partial charge in [-0.05, 0) is 36.4 Å². The highest BCUT2D eigenvalue weighted by molar-refractivity contribution is 7.89. The van der Waals surface area contributed by atoms with E-state index in [9.17, 15) is 17.6 Å². The van der Waals surface area contributed by atoms with Crippen LogP contribution < -0.4 is 0 Å². The average molecular weight is 438 g/mol. The summed E-state index contributed by atoms with van der Waals surface area (Å²) in [6, 6.07) is 20.5. The molecule has 0 radical (unpaired) electrons. The van der Waals surface area contributed by atoms with Gasteiger partial charge in [-0.25, -0.2) is 12.8 Å². The number of hydrogen-bond donors (Lipinski definition) is 0. The van der Waals surface area contributed by atoms with Crippen LogP contribution in [0.1, 0.15) is 0 Å². The Morgan fingerprint density at radius 3 is 2.10 bits per heavy atom. The van der Waals surface area contributed by atoms with Gasteiger partial charge in [-0.3, -0.25) is 4.79 Å². The van der Waals surface area contributed by atoms with Gasteiger partial charge in [0.05, 0.1) is 18.0 Å². The molecule has 1 aliphatic rings. The summed E-state index contributed by atoms with van der Waals surface area (Å²) in [4.78, 5) is 12.2. The van der Waals surface area contributed by atoms with Gasteiger partial charge in [-0.1, -0.05) is 36.4 Å². The minimum atomic E-state index is -3.95. The minimum absolute atomic E-state index is 0.0201. The molecule has 5 rings (SSSR count). The lowest BCUT2D eigenvalue weighted by Gasteiger charge is -2.31. The third kappa shape index (κ3) is 3.47. The number of sulfonamides is 1. The quantitative estimate of drug-likeness (QED) is 0.457. The maximum absolute atomic E-state index is 13.2. The second kappa shape index (κ2) is 7.47. The van der Waals surface area contributed by atoms with Gasteiger partial charge in [0, 0.05) is 21.8 Å². The van der Waals surface area contributed by atoms with Crippen molar-refractivity contribution < 1.29 is 22.3 Å². The number of para-hydroxylation sites is 2. The normalized spacial score (nSPS) is 17.8. The summed E-state index contributed by atoms with van der Waals surface area (Å²) in [6.07, 6.45) is -0.657. The van der Waals surface area contributed by atoms with E-state index >= 15 is 0 Å². The second-order valence-electron chi connectivity index (χ2n) is 7.51. The molecule has 1 atom stereocenters. The summed E-state index contributed by atoms with van der Waals surface area (Å²) in [5, 5.41) is 2.16. The molecule has 2 heterocycles. The van der Waals surface area contributed by atoms with E-state index < -0.39 is 27.9 Å². The molecule has 31 heavy (non-hydrogen) atoms. The molecule has 0 bridgehead atoms. The highest BCUT2D eigenvalue weighted by atomic mass is 32.2. The van der Waals surface area contributed by atoms with E-state index in [0.29, 0.717) is 6.54 Å². The van der Waals surface area contributed by atoms with Gasteiger partial charge < -0.3 is 9.30 Å². The van der Waals surface area contributed by atoms with Crippen molar-refractivity contribution in [2.24, 2.45) is 0 Å². The number of morpholine rings is 1. The van der Waals surface area contributed by atoms with Gasteiger partial charge in [0.1, 0.15) is 18.5 Å². The van der Waals surface area contributed by atoms with E-state index in [4.69, 9.17) is 4.74 Å². The number of halogens is 1. The van der Waals surface area contributed by atoms with Gasteiger partial charge in [-0.15, -0.1) is 0 Å². The predicted octanol–water partition coefficient (Wildman–Crippen LogP) is 3.55. The molecule has 158 valence electrons. The van der Waals surface area contributed by atoms with Crippen molar-refractivity contribution in [2.75, 3.05) is 13.1 Å². The number of carbonyl (C=O) groups is 1. The summed E-state index contributed by atoms with van der Waals surface area (Å²) in [5.74, 6) is -1.14. The van der Waals surface area contributed by atoms with Crippen molar-refractivity contribution in [1.29, 1.82) is 0 Å². The molecule has 1 fully saturated rings. The maximum atomic E-state index is 13.2. The van der Waals surface area contributed by atoms with Crippen LogP contribution >= 0.6 is 0 Å². The number of aromatic nitrogens is 1. The van der Waals surface area contributed by atoms with Gasteiger partial charge in [-0.2, -0.15) is 4.31 Å². The number of nitrogens with zero attached hydrogens (tertiary/aromatic N) is 2. The SMILES string of the molecule is O=C1CN(S(=O)(=O)c2ccc(F)cc2)C[C@@H](Cn2c3ccccc3c3ccccc32)O1. The number of hydrogen-bond acceptors (Lipinski definition) is 4. The number of ether oxygens (including phenoxy) is 1. The first-order valence-corrected chi connectivity index (χ1v) is 11.3. The van der Waals surface area contributed by atoms with E-state index in [1.54, 1.807) is 0 Å². The molecular formula is C23H19FN2O4S. The Morgan fingerprint density at radius 2 is 1.48 bits per heavy atom. The number of carbonyl (C=O) groups excluding carboxylic acids is 1. The van der Waals surface area contributed by atoms with Gasteiger partial charge in [0.25, 0.3) is 0 Å². The molecule has 1 aliphatic heterocycles. The predicted molar refractivity (Wildman–Crippen MR) is 114 cm³/mol. The van der Waals surface area contributed by atoms with Gasteiger partial charge in [0.15, 0.2) is 0 Å². The first kappa shape index (κ1) is 19.7. The van der Waals surface area contributed by atoms with Crippen LogP contribution in [0, 0.1) is 5.82 Å². The fourth-order valence-corrected chi connectivity index (χ4v) is 5.55. The fourth-order valence-electron chi connectivity index (χ4n) is 4.13. The zero-order chi connectivity index (χ0) is 21.6. The first-order valence-electron chi connectivity index (χ1n) is 9.84. The summed E-state index contributed by atoms with van der Waals surface area (Å²) in [7, 11) is -3.95. The molecule has 0 spiro atoms. The van der Waals surface area contributed by atoms with Crippen LogP contribution in [-0.2, 0) is 26.1 Å². The van der Waals surface area contributed by atoms with Crippen molar-refractivity contribution in [3.05, 3.63) is 78.6 Å². The number of esters is 1. The second-order valence-corrected chi connectivity index (χ2v) is 9.45. The van der Waals surface area contributed by atoms with Crippen molar-refractivity contribution in [3.63, 3.8) is 0 Å². The highest BCUT2D eigenvalue weighted by Crippen LogP contribution is 2.30. The largest absolute Gasteiger partial charge is 0.458 e. The third-order valence-electron chi connectivity index (χ3n) is 5.53. The van der Waals surface area contributed by atoms with Crippen LogP contribution in [0.2, 0.25) is 0 Å². The van der Waals surface area contributed by atoms with Crippen LogP contribution in [0.4, 0.5) is 4.39 Å². The molecule has 0 N–H and O–H groups in total. The number of cyclic esters (lactones) is 1. The molecule has 0 aliphatic carbocycles. The Balaban J connectivity index is 1.49. The molecule has 1 aromatic heterocycles. The lowest BCUT2D eigenvalue weighted by atomic mass is 10.2. The molecule has 3 aromatic carbocycles. The van der Waals surface area contributed by atoms with Crippen LogP contribution in [0.3, 0.4) is 0 Å².